The average Bonchev–Trinajstić information content (AvgIpc) is 2.68. The van der Waals surface area contributed by atoms with Crippen LogP contribution in [0.2, 0.25) is 0 Å². The van der Waals surface area contributed by atoms with Crippen molar-refractivity contribution in [2.24, 2.45) is 0 Å². The van der Waals surface area contributed by atoms with E-state index in [0.717, 1.165) is 29.0 Å². The van der Waals surface area contributed by atoms with E-state index in [0.29, 0.717) is 12.2 Å². The Morgan fingerprint density at radius 1 is 0.880 bits per heavy atom. The number of hydrogen-bond donors (Lipinski definition) is 1. The Morgan fingerprint density at radius 2 is 1.56 bits per heavy atom. The summed E-state index contributed by atoms with van der Waals surface area (Å²) in [5.74, 6) is 0.647. The topological polar surface area (TPSA) is 38.3 Å². The van der Waals surface area contributed by atoms with Gasteiger partial charge >= 0.3 is 0 Å². The van der Waals surface area contributed by atoms with Gasteiger partial charge in [0.1, 0.15) is 5.75 Å². The van der Waals surface area contributed by atoms with Gasteiger partial charge in [-0.1, -0.05) is 55.5 Å². The van der Waals surface area contributed by atoms with Crippen LogP contribution < -0.4 is 10.1 Å². The van der Waals surface area contributed by atoms with E-state index in [-0.39, 0.29) is 5.91 Å². The van der Waals surface area contributed by atoms with E-state index in [1.807, 2.05) is 66.7 Å². The lowest BCUT2D eigenvalue weighted by atomic mass is 10.0. The van der Waals surface area contributed by atoms with Crippen LogP contribution in [0.15, 0.2) is 78.9 Å². The molecule has 0 aliphatic heterocycles. The summed E-state index contributed by atoms with van der Waals surface area (Å²) in [5, 5.41) is 3.01. The molecule has 3 nitrogen and oxygen atoms in total. The fourth-order valence-electron chi connectivity index (χ4n) is 2.58. The predicted molar refractivity (Wildman–Crippen MR) is 102 cm³/mol. The maximum absolute atomic E-state index is 12.6. The summed E-state index contributed by atoms with van der Waals surface area (Å²) in [4.78, 5) is 12.6. The molecule has 0 unspecified atom stereocenters. The number of para-hydroxylation sites is 1. The largest absolute Gasteiger partial charge is 0.494 e. The van der Waals surface area contributed by atoms with Crippen molar-refractivity contribution in [3.05, 3.63) is 84.4 Å². The van der Waals surface area contributed by atoms with Crippen LogP contribution in [-0.4, -0.2) is 12.5 Å². The zero-order valence-corrected chi connectivity index (χ0v) is 14.2. The molecule has 1 N–H and O–H groups in total. The summed E-state index contributed by atoms with van der Waals surface area (Å²) in [5.41, 5.74) is 3.47. The molecule has 0 radical (unpaired) electrons. The number of nitrogens with one attached hydrogen (secondary N) is 1. The number of ether oxygens (including phenoxy) is 1. The van der Waals surface area contributed by atoms with E-state index in [2.05, 4.69) is 12.2 Å². The van der Waals surface area contributed by atoms with Crippen LogP contribution in [0.3, 0.4) is 0 Å². The highest BCUT2D eigenvalue weighted by Crippen LogP contribution is 2.28. The Morgan fingerprint density at radius 3 is 2.28 bits per heavy atom. The third kappa shape index (κ3) is 4.27. The maximum atomic E-state index is 12.6. The average molecular weight is 331 g/mol. The molecule has 1 amide bonds. The minimum Gasteiger partial charge on any atom is -0.494 e. The van der Waals surface area contributed by atoms with E-state index >= 15 is 0 Å². The standard InChI is InChI=1S/C22H21NO2/c1-2-16-25-19-14-12-18(13-15-19)22(24)23-21-11-7-6-10-20(21)17-8-4-3-5-9-17/h3-15H,2,16H2,1H3,(H,23,24). The van der Waals surface area contributed by atoms with Crippen LogP contribution in [0.5, 0.6) is 5.75 Å². The van der Waals surface area contributed by atoms with Crippen LogP contribution in [-0.2, 0) is 0 Å². The second kappa shape index (κ2) is 8.15. The van der Waals surface area contributed by atoms with Gasteiger partial charge in [-0.3, -0.25) is 4.79 Å². The smallest absolute Gasteiger partial charge is 0.255 e. The molecular weight excluding hydrogens is 310 g/mol. The van der Waals surface area contributed by atoms with Crippen molar-refractivity contribution in [1.29, 1.82) is 0 Å². The van der Waals surface area contributed by atoms with Gasteiger partial charge in [-0.25, -0.2) is 0 Å². The van der Waals surface area contributed by atoms with Crippen molar-refractivity contribution < 1.29 is 9.53 Å². The number of rotatable bonds is 6. The van der Waals surface area contributed by atoms with Gasteiger partial charge < -0.3 is 10.1 Å². The van der Waals surface area contributed by atoms with Crippen molar-refractivity contribution in [1.82, 2.24) is 0 Å². The van der Waals surface area contributed by atoms with Crippen molar-refractivity contribution in [3.63, 3.8) is 0 Å². The molecule has 0 bridgehead atoms. The predicted octanol–water partition coefficient (Wildman–Crippen LogP) is 5.39. The number of carbonyl (C=O) groups excluding carboxylic acids is 1. The summed E-state index contributed by atoms with van der Waals surface area (Å²) in [6.07, 6.45) is 0.957. The van der Waals surface area contributed by atoms with Gasteiger partial charge in [0, 0.05) is 16.8 Å². The van der Waals surface area contributed by atoms with Crippen molar-refractivity contribution in [2.75, 3.05) is 11.9 Å². The van der Waals surface area contributed by atoms with Gasteiger partial charge in [0.2, 0.25) is 0 Å². The minimum absolute atomic E-state index is 0.134. The molecule has 0 aromatic heterocycles. The number of hydrogen-bond acceptors (Lipinski definition) is 2. The summed E-state index contributed by atoms with van der Waals surface area (Å²) >= 11 is 0. The number of benzene rings is 3. The summed E-state index contributed by atoms with van der Waals surface area (Å²) in [7, 11) is 0. The molecule has 126 valence electrons. The molecule has 3 aromatic rings. The quantitative estimate of drug-likeness (QED) is 0.657. The van der Waals surface area contributed by atoms with Gasteiger partial charge in [0.05, 0.1) is 6.61 Å². The van der Waals surface area contributed by atoms with Gasteiger partial charge in [-0.05, 0) is 42.3 Å². The molecule has 0 spiro atoms. The first-order chi connectivity index (χ1) is 12.3. The maximum Gasteiger partial charge on any atom is 0.255 e. The third-order valence-electron chi connectivity index (χ3n) is 3.85. The molecule has 0 aliphatic rings. The highest BCUT2D eigenvalue weighted by Gasteiger charge is 2.10. The molecule has 0 heterocycles. The van der Waals surface area contributed by atoms with Crippen LogP contribution >= 0.6 is 0 Å². The summed E-state index contributed by atoms with van der Waals surface area (Å²) < 4.78 is 5.55. The summed E-state index contributed by atoms with van der Waals surface area (Å²) in [6.45, 7) is 2.74. The van der Waals surface area contributed by atoms with Gasteiger partial charge in [-0.15, -0.1) is 0 Å². The molecule has 0 saturated carbocycles. The molecular formula is C22H21NO2. The van der Waals surface area contributed by atoms with Crippen molar-refractivity contribution >= 4 is 11.6 Å². The van der Waals surface area contributed by atoms with E-state index in [9.17, 15) is 4.79 Å². The molecule has 3 aromatic carbocycles. The SMILES string of the molecule is CCCOc1ccc(C(=O)Nc2ccccc2-c2ccccc2)cc1. The molecule has 25 heavy (non-hydrogen) atoms. The Kier molecular flexibility index (Phi) is 5.47. The highest BCUT2D eigenvalue weighted by molar-refractivity contribution is 6.06. The van der Waals surface area contributed by atoms with Crippen LogP contribution in [0.4, 0.5) is 5.69 Å². The number of anilines is 1. The number of amides is 1. The first kappa shape index (κ1) is 16.8. The fraction of sp³-hybridized carbons (Fsp3) is 0.136. The molecule has 3 rings (SSSR count). The molecule has 3 heteroatoms. The molecule has 0 fully saturated rings. The van der Waals surface area contributed by atoms with E-state index < -0.39 is 0 Å². The Balaban J connectivity index is 1.77. The first-order valence-corrected chi connectivity index (χ1v) is 8.46. The van der Waals surface area contributed by atoms with E-state index in [4.69, 9.17) is 4.74 Å². The number of carbonyl (C=O) groups is 1. The van der Waals surface area contributed by atoms with E-state index in [1.54, 1.807) is 12.1 Å². The Bertz CT molecular complexity index is 826. The third-order valence-corrected chi connectivity index (χ3v) is 3.85. The van der Waals surface area contributed by atoms with Crippen LogP contribution in [0, 0.1) is 0 Å². The van der Waals surface area contributed by atoms with Gasteiger partial charge in [-0.2, -0.15) is 0 Å². The Labute approximate surface area is 148 Å². The highest BCUT2D eigenvalue weighted by atomic mass is 16.5. The fourth-order valence-corrected chi connectivity index (χ4v) is 2.58. The van der Waals surface area contributed by atoms with Crippen molar-refractivity contribution in [2.45, 2.75) is 13.3 Å². The van der Waals surface area contributed by atoms with Crippen molar-refractivity contribution in [3.8, 4) is 16.9 Å². The van der Waals surface area contributed by atoms with Gasteiger partial charge in [0.15, 0.2) is 0 Å². The second-order valence-electron chi connectivity index (χ2n) is 5.74. The lowest BCUT2D eigenvalue weighted by Crippen LogP contribution is -2.12. The minimum atomic E-state index is -0.134. The van der Waals surface area contributed by atoms with Crippen LogP contribution in [0.1, 0.15) is 23.7 Å². The Hall–Kier alpha value is -3.07. The lowest BCUT2D eigenvalue weighted by Gasteiger charge is -2.12. The first-order valence-electron chi connectivity index (χ1n) is 8.46. The zero-order valence-electron chi connectivity index (χ0n) is 14.2. The zero-order chi connectivity index (χ0) is 17.5. The second-order valence-corrected chi connectivity index (χ2v) is 5.74. The molecule has 0 saturated heterocycles. The monoisotopic (exact) mass is 331 g/mol. The molecule has 0 atom stereocenters. The summed E-state index contributed by atoms with van der Waals surface area (Å²) in [6, 6.07) is 25.1. The normalized spacial score (nSPS) is 10.3. The van der Waals surface area contributed by atoms with Gasteiger partial charge in [0.25, 0.3) is 5.91 Å². The van der Waals surface area contributed by atoms with E-state index in [1.165, 1.54) is 0 Å². The molecule has 0 aliphatic carbocycles. The van der Waals surface area contributed by atoms with Crippen LogP contribution in [0.25, 0.3) is 11.1 Å². The lowest BCUT2D eigenvalue weighted by molar-refractivity contribution is 0.102.